The normalized spacial score (nSPS) is 7.62. The molecule has 0 amide bonds. The van der Waals surface area contributed by atoms with Crippen molar-refractivity contribution in [1.29, 1.82) is 0 Å². The van der Waals surface area contributed by atoms with Crippen LogP contribution in [-0.4, -0.2) is 16.8 Å². The molecule has 0 radical (unpaired) electrons. The third kappa shape index (κ3) is 9.97. The van der Waals surface area contributed by atoms with Gasteiger partial charge in [-0.2, -0.15) is 0 Å². The average molecular weight is 142 g/mol. The minimum Gasteiger partial charge on any atom is -0.867 e. The van der Waals surface area contributed by atoms with Crippen molar-refractivity contribution in [1.82, 2.24) is 0 Å². The van der Waals surface area contributed by atoms with Crippen molar-refractivity contribution in [2.45, 2.75) is 12.8 Å². The van der Waals surface area contributed by atoms with Crippen molar-refractivity contribution < 1.29 is 39.8 Å². The SMILES string of the molecule is [Na+].[O-]C(=S)CCCO. The summed E-state index contributed by atoms with van der Waals surface area (Å²) >= 11 is 4.19. The fraction of sp³-hybridized carbons (Fsp3) is 0.750. The predicted octanol–water partition coefficient (Wildman–Crippen LogP) is -3.55. The summed E-state index contributed by atoms with van der Waals surface area (Å²) in [6.07, 6.45) is 0.828. The second kappa shape index (κ2) is 7.85. The average Bonchev–Trinajstić information content (AvgIpc) is 1.61. The number of hydrogen-bond donors (Lipinski definition) is 1. The summed E-state index contributed by atoms with van der Waals surface area (Å²) in [5.41, 5.74) is 0. The molecule has 0 unspecified atom stereocenters. The van der Waals surface area contributed by atoms with E-state index in [0.717, 1.165) is 0 Å². The molecule has 2 nitrogen and oxygen atoms in total. The molecule has 0 atom stereocenters. The molecule has 0 saturated carbocycles. The first-order valence-electron chi connectivity index (χ1n) is 2.08. The molecule has 0 aromatic heterocycles. The molecule has 4 heteroatoms. The maximum absolute atomic E-state index is 9.91. The number of aliphatic hydroxyl groups excluding tert-OH is 1. The first-order valence-corrected chi connectivity index (χ1v) is 2.49. The van der Waals surface area contributed by atoms with Crippen molar-refractivity contribution in [2.24, 2.45) is 0 Å². The Morgan fingerprint density at radius 3 is 2.25 bits per heavy atom. The summed E-state index contributed by atoms with van der Waals surface area (Å²) in [6.45, 7) is 0.0579. The second-order valence-corrected chi connectivity index (χ2v) is 1.65. The maximum Gasteiger partial charge on any atom is 1.00 e. The van der Waals surface area contributed by atoms with Crippen LogP contribution in [-0.2, 0) is 0 Å². The first kappa shape index (κ1) is 11.6. The standard InChI is InChI=1S/C4H8O2S.Na/c5-3-1-2-4(6)7;/h5H,1-3H2,(H,6,7);/q;+1/p-1. The molecular formula is C4H7NaO2S. The monoisotopic (exact) mass is 142 g/mol. The van der Waals surface area contributed by atoms with Crippen molar-refractivity contribution in [2.75, 3.05) is 6.61 Å². The Kier molecular flexibility index (Phi) is 11.4. The van der Waals surface area contributed by atoms with Crippen LogP contribution in [0.2, 0.25) is 0 Å². The van der Waals surface area contributed by atoms with Gasteiger partial charge in [-0.1, -0.05) is 5.05 Å². The van der Waals surface area contributed by atoms with E-state index in [1.54, 1.807) is 0 Å². The van der Waals surface area contributed by atoms with Gasteiger partial charge in [0.2, 0.25) is 0 Å². The number of aliphatic hydroxyl groups is 1. The molecule has 0 fully saturated rings. The van der Waals surface area contributed by atoms with E-state index in [0.29, 0.717) is 12.8 Å². The molecular weight excluding hydrogens is 135 g/mol. The Hall–Kier alpha value is 0.850. The zero-order chi connectivity index (χ0) is 5.70. The largest absolute Gasteiger partial charge is 1.00 e. The zero-order valence-electron chi connectivity index (χ0n) is 4.89. The fourth-order valence-electron chi connectivity index (χ4n) is 0.223. The Morgan fingerprint density at radius 1 is 1.62 bits per heavy atom. The summed E-state index contributed by atoms with van der Waals surface area (Å²) in [5, 5.41) is 17.8. The van der Waals surface area contributed by atoms with Crippen LogP contribution in [0.5, 0.6) is 0 Å². The Morgan fingerprint density at radius 2 is 2.12 bits per heavy atom. The zero-order valence-corrected chi connectivity index (χ0v) is 7.70. The number of hydrogen-bond acceptors (Lipinski definition) is 3. The Bertz CT molecular complexity index is 67.1. The van der Waals surface area contributed by atoms with E-state index < -0.39 is 0 Å². The molecule has 8 heavy (non-hydrogen) atoms. The molecule has 0 bridgehead atoms. The van der Waals surface area contributed by atoms with Crippen LogP contribution in [0.1, 0.15) is 12.8 Å². The quantitative estimate of drug-likeness (QED) is 0.328. The number of thiocarbonyl (C=S) groups is 1. The molecule has 42 valence electrons. The van der Waals surface area contributed by atoms with Gasteiger partial charge in [-0.05, 0) is 12.8 Å². The summed E-state index contributed by atoms with van der Waals surface area (Å²) in [5.74, 6) is 0. The Labute approximate surface area is 76.2 Å². The summed E-state index contributed by atoms with van der Waals surface area (Å²) in [6, 6.07) is 0. The van der Waals surface area contributed by atoms with E-state index in [2.05, 4.69) is 12.2 Å². The molecule has 0 spiro atoms. The van der Waals surface area contributed by atoms with Gasteiger partial charge in [0.1, 0.15) is 0 Å². The van der Waals surface area contributed by atoms with Gasteiger partial charge in [-0.3, -0.25) is 0 Å². The molecule has 0 aliphatic heterocycles. The van der Waals surface area contributed by atoms with Crippen LogP contribution in [0.25, 0.3) is 0 Å². The van der Waals surface area contributed by atoms with Gasteiger partial charge < -0.3 is 10.2 Å². The van der Waals surface area contributed by atoms with Gasteiger partial charge in [0, 0.05) is 6.61 Å². The third-order valence-electron chi connectivity index (χ3n) is 0.539. The summed E-state index contributed by atoms with van der Waals surface area (Å²) in [4.78, 5) is 0. The van der Waals surface area contributed by atoms with E-state index in [9.17, 15) is 5.11 Å². The van der Waals surface area contributed by atoms with E-state index in [-0.39, 0.29) is 41.2 Å². The van der Waals surface area contributed by atoms with Gasteiger partial charge in [0.15, 0.2) is 0 Å². The molecule has 0 aromatic carbocycles. The van der Waals surface area contributed by atoms with Crippen LogP contribution in [0.15, 0.2) is 0 Å². The molecule has 0 rings (SSSR count). The maximum atomic E-state index is 9.91. The van der Waals surface area contributed by atoms with Gasteiger partial charge in [-0.15, -0.1) is 12.2 Å². The summed E-state index contributed by atoms with van der Waals surface area (Å²) < 4.78 is 0. The van der Waals surface area contributed by atoms with Crippen molar-refractivity contribution in [3.8, 4) is 0 Å². The van der Waals surface area contributed by atoms with Gasteiger partial charge in [0.25, 0.3) is 0 Å². The number of rotatable bonds is 3. The smallest absolute Gasteiger partial charge is 0.867 e. The third-order valence-corrected chi connectivity index (χ3v) is 0.743. The molecule has 0 heterocycles. The Balaban J connectivity index is 0. The van der Waals surface area contributed by atoms with Crippen molar-refractivity contribution in [3.05, 3.63) is 0 Å². The topological polar surface area (TPSA) is 43.3 Å². The van der Waals surface area contributed by atoms with Crippen LogP contribution in [0.4, 0.5) is 0 Å². The van der Waals surface area contributed by atoms with Gasteiger partial charge in [0.05, 0.1) is 0 Å². The molecule has 0 aromatic rings. The van der Waals surface area contributed by atoms with Gasteiger partial charge >= 0.3 is 29.6 Å². The second-order valence-electron chi connectivity index (χ2n) is 1.20. The molecule has 0 aliphatic rings. The van der Waals surface area contributed by atoms with E-state index in [1.165, 1.54) is 0 Å². The van der Waals surface area contributed by atoms with Crippen LogP contribution in [0, 0.1) is 0 Å². The molecule has 1 N–H and O–H groups in total. The predicted molar refractivity (Wildman–Crippen MR) is 28.9 cm³/mol. The fourth-order valence-corrected chi connectivity index (χ4v) is 0.368. The van der Waals surface area contributed by atoms with E-state index >= 15 is 0 Å². The van der Waals surface area contributed by atoms with Crippen LogP contribution < -0.4 is 34.7 Å². The van der Waals surface area contributed by atoms with Crippen LogP contribution in [0.3, 0.4) is 0 Å². The van der Waals surface area contributed by atoms with Crippen LogP contribution >= 0.6 is 12.2 Å². The first-order chi connectivity index (χ1) is 3.27. The van der Waals surface area contributed by atoms with Crippen molar-refractivity contribution >= 4 is 17.3 Å². The van der Waals surface area contributed by atoms with E-state index in [1.807, 2.05) is 0 Å². The van der Waals surface area contributed by atoms with Gasteiger partial charge in [-0.25, -0.2) is 0 Å². The molecule has 0 saturated heterocycles. The van der Waals surface area contributed by atoms with E-state index in [4.69, 9.17) is 5.11 Å². The minimum atomic E-state index is -0.269. The molecule has 0 aliphatic carbocycles. The van der Waals surface area contributed by atoms with Crippen molar-refractivity contribution in [3.63, 3.8) is 0 Å². The minimum absolute atomic E-state index is 0. The summed E-state index contributed by atoms with van der Waals surface area (Å²) in [7, 11) is 0.